The van der Waals surface area contributed by atoms with Gasteiger partial charge >= 0.3 is 0 Å². The van der Waals surface area contributed by atoms with Crippen molar-refractivity contribution in [3.8, 4) is 0 Å². The molecule has 0 aromatic heterocycles. The number of fused-ring (bicyclic) bond motifs is 2. The first-order valence-electron chi connectivity index (χ1n) is 7.23. The third kappa shape index (κ3) is 2.29. The Morgan fingerprint density at radius 1 is 1.44 bits per heavy atom. The lowest BCUT2D eigenvalue weighted by atomic mass is 9.68. The number of aliphatic hydroxyl groups excluding tert-OH is 1. The molecule has 0 aromatic rings. The van der Waals surface area contributed by atoms with Crippen LogP contribution >= 0.6 is 0 Å². The Bertz CT molecular complexity index is 333. The average Bonchev–Trinajstić information content (AvgIpc) is 2.73. The summed E-state index contributed by atoms with van der Waals surface area (Å²) >= 11 is 0. The van der Waals surface area contributed by atoms with Crippen molar-refractivity contribution in [3.63, 3.8) is 0 Å². The van der Waals surface area contributed by atoms with E-state index in [9.17, 15) is 9.90 Å². The molecule has 0 radical (unpaired) electrons. The van der Waals surface area contributed by atoms with E-state index in [0.717, 1.165) is 5.92 Å². The topological polar surface area (TPSA) is 49.3 Å². The number of nitrogens with one attached hydrogen (secondary N) is 1. The van der Waals surface area contributed by atoms with E-state index in [0.29, 0.717) is 18.9 Å². The van der Waals surface area contributed by atoms with E-state index in [1.807, 2.05) is 0 Å². The molecule has 4 atom stereocenters. The number of aliphatic hydroxyl groups is 1. The minimum atomic E-state index is -0.389. The van der Waals surface area contributed by atoms with Gasteiger partial charge in [-0.3, -0.25) is 4.79 Å². The summed E-state index contributed by atoms with van der Waals surface area (Å²) in [6, 6.07) is 0.297. The van der Waals surface area contributed by atoms with E-state index in [2.05, 4.69) is 26.1 Å². The molecular formula is C15H27NO2. The molecule has 3 heteroatoms. The Labute approximate surface area is 110 Å². The van der Waals surface area contributed by atoms with Crippen LogP contribution in [0, 0.1) is 16.7 Å². The summed E-state index contributed by atoms with van der Waals surface area (Å²) in [5.41, 5.74) is 0.502. The molecule has 2 bridgehead atoms. The predicted octanol–water partition coefficient (Wildman–Crippen LogP) is 2.48. The van der Waals surface area contributed by atoms with Crippen molar-refractivity contribution >= 4 is 5.91 Å². The zero-order chi connectivity index (χ0) is 13.6. The van der Waals surface area contributed by atoms with Gasteiger partial charge in [0.1, 0.15) is 0 Å². The van der Waals surface area contributed by atoms with Crippen LogP contribution in [-0.4, -0.2) is 23.2 Å². The lowest BCUT2D eigenvalue weighted by Crippen LogP contribution is -2.52. The predicted molar refractivity (Wildman–Crippen MR) is 72.1 cm³/mol. The van der Waals surface area contributed by atoms with Crippen LogP contribution in [0.5, 0.6) is 0 Å². The highest BCUT2D eigenvalue weighted by atomic mass is 16.3. The first-order valence-corrected chi connectivity index (χ1v) is 7.23. The number of amides is 1. The SMILES string of the molecule is CC(O)CCC(=O)NC1C2(C)CCC(C2)C1(C)C. The molecule has 0 heterocycles. The van der Waals surface area contributed by atoms with Crippen LogP contribution in [-0.2, 0) is 4.79 Å². The fourth-order valence-corrected chi connectivity index (χ4v) is 4.24. The van der Waals surface area contributed by atoms with E-state index >= 15 is 0 Å². The van der Waals surface area contributed by atoms with Gasteiger partial charge in [0.05, 0.1) is 6.10 Å². The van der Waals surface area contributed by atoms with Gasteiger partial charge in [0.25, 0.3) is 0 Å². The molecule has 2 saturated carbocycles. The zero-order valence-electron chi connectivity index (χ0n) is 12.1. The van der Waals surface area contributed by atoms with Crippen LogP contribution in [0.15, 0.2) is 0 Å². The van der Waals surface area contributed by atoms with Gasteiger partial charge in [0.2, 0.25) is 5.91 Å². The molecule has 2 rings (SSSR count). The molecule has 18 heavy (non-hydrogen) atoms. The lowest BCUT2D eigenvalue weighted by Gasteiger charge is -2.43. The average molecular weight is 253 g/mol. The van der Waals surface area contributed by atoms with Crippen molar-refractivity contribution in [2.75, 3.05) is 0 Å². The Kier molecular flexibility index (Phi) is 3.48. The van der Waals surface area contributed by atoms with Crippen LogP contribution in [0.25, 0.3) is 0 Å². The molecule has 0 saturated heterocycles. The van der Waals surface area contributed by atoms with E-state index in [-0.39, 0.29) is 22.8 Å². The highest BCUT2D eigenvalue weighted by Gasteiger charge is 2.59. The fraction of sp³-hybridized carbons (Fsp3) is 0.933. The van der Waals surface area contributed by atoms with E-state index in [1.54, 1.807) is 6.92 Å². The Hall–Kier alpha value is -0.570. The van der Waals surface area contributed by atoms with E-state index in [1.165, 1.54) is 19.3 Å². The van der Waals surface area contributed by atoms with Crippen molar-refractivity contribution in [3.05, 3.63) is 0 Å². The third-order valence-electron chi connectivity index (χ3n) is 5.36. The number of hydrogen-bond acceptors (Lipinski definition) is 2. The summed E-state index contributed by atoms with van der Waals surface area (Å²) in [6.45, 7) is 8.64. The van der Waals surface area contributed by atoms with Gasteiger partial charge in [-0.2, -0.15) is 0 Å². The molecule has 3 nitrogen and oxygen atoms in total. The molecule has 2 aliphatic rings. The summed E-state index contributed by atoms with van der Waals surface area (Å²) < 4.78 is 0. The number of carbonyl (C=O) groups excluding carboxylic acids is 1. The Morgan fingerprint density at radius 3 is 2.61 bits per heavy atom. The number of carbonyl (C=O) groups is 1. The second kappa shape index (κ2) is 4.52. The summed E-state index contributed by atoms with van der Waals surface area (Å²) in [4.78, 5) is 12.0. The van der Waals surface area contributed by atoms with E-state index in [4.69, 9.17) is 0 Å². The summed E-state index contributed by atoms with van der Waals surface area (Å²) in [5.74, 6) is 0.854. The molecule has 0 aliphatic heterocycles. The van der Waals surface area contributed by atoms with Crippen molar-refractivity contribution in [2.45, 2.75) is 71.9 Å². The first-order chi connectivity index (χ1) is 8.25. The smallest absolute Gasteiger partial charge is 0.220 e. The number of hydrogen-bond donors (Lipinski definition) is 2. The molecule has 4 unspecified atom stereocenters. The summed E-state index contributed by atoms with van der Waals surface area (Å²) in [7, 11) is 0. The van der Waals surface area contributed by atoms with Crippen molar-refractivity contribution in [1.29, 1.82) is 0 Å². The van der Waals surface area contributed by atoms with Crippen LogP contribution in [0.2, 0.25) is 0 Å². The number of rotatable bonds is 4. The van der Waals surface area contributed by atoms with Crippen LogP contribution in [0.1, 0.15) is 59.8 Å². The third-order valence-corrected chi connectivity index (χ3v) is 5.36. The van der Waals surface area contributed by atoms with Gasteiger partial charge < -0.3 is 10.4 Å². The van der Waals surface area contributed by atoms with Gasteiger partial charge in [-0.05, 0) is 49.4 Å². The largest absolute Gasteiger partial charge is 0.393 e. The van der Waals surface area contributed by atoms with Crippen molar-refractivity contribution < 1.29 is 9.90 Å². The standard InChI is InChI=1S/C15H27NO2/c1-10(17)5-6-12(18)16-13-14(2,3)11-7-8-15(13,4)9-11/h10-11,13,17H,5-9H2,1-4H3,(H,16,18). The summed E-state index contributed by atoms with van der Waals surface area (Å²) in [5, 5.41) is 12.5. The lowest BCUT2D eigenvalue weighted by molar-refractivity contribution is -0.124. The summed E-state index contributed by atoms with van der Waals surface area (Å²) in [6.07, 6.45) is 4.40. The quantitative estimate of drug-likeness (QED) is 0.808. The Balaban J connectivity index is 1.98. The highest BCUT2D eigenvalue weighted by molar-refractivity contribution is 5.76. The maximum absolute atomic E-state index is 12.0. The van der Waals surface area contributed by atoms with Gasteiger partial charge in [-0.1, -0.05) is 20.8 Å². The molecular weight excluding hydrogens is 226 g/mol. The maximum atomic E-state index is 12.0. The highest BCUT2D eigenvalue weighted by Crippen LogP contribution is 2.62. The zero-order valence-corrected chi connectivity index (χ0v) is 12.1. The minimum Gasteiger partial charge on any atom is -0.393 e. The molecule has 2 aliphatic carbocycles. The van der Waals surface area contributed by atoms with Gasteiger partial charge in [-0.15, -0.1) is 0 Å². The van der Waals surface area contributed by atoms with Crippen LogP contribution in [0.3, 0.4) is 0 Å². The molecule has 0 spiro atoms. The second-order valence-electron chi connectivity index (χ2n) is 7.30. The second-order valence-corrected chi connectivity index (χ2v) is 7.30. The van der Waals surface area contributed by atoms with Gasteiger partial charge in [0.15, 0.2) is 0 Å². The molecule has 2 N–H and O–H groups in total. The normalized spacial score (nSPS) is 38.7. The van der Waals surface area contributed by atoms with Crippen molar-refractivity contribution in [2.24, 2.45) is 16.7 Å². The van der Waals surface area contributed by atoms with Gasteiger partial charge in [0, 0.05) is 12.5 Å². The van der Waals surface area contributed by atoms with Crippen LogP contribution < -0.4 is 5.32 Å². The fourth-order valence-electron chi connectivity index (χ4n) is 4.24. The molecule has 2 fully saturated rings. The molecule has 1 amide bonds. The minimum absolute atomic E-state index is 0.0998. The monoisotopic (exact) mass is 253 g/mol. The van der Waals surface area contributed by atoms with Crippen LogP contribution in [0.4, 0.5) is 0 Å². The molecule has 104 valence electrons. The molecule has 0 aromatic carbocycles. The van der Waals surface area contributed by atoms with Crippen molar-refractivity contribution in [1.82, 2.24) is 5.32 Å². The van der Waals surface area contributed by atoms with Gasteiger partial charge in [-0.25, -0.2) is 0 Å². The first kappa shape index (κ1) is 13.9. The Morgan fingerprint density at radius 2 is 2.11 bits per heavy atom. The van der Waals surface area contributed by atoms with E-state index < -0.39 is 0 Å². The maximum Gasteiger partial charge on any atom is 0.220 e.